The molecule has 1 fully saturated rings. The number of hydrogen-bond acceptors (Lipinski definition) is 5. The molecule has 0 N–H and O–H groups in total. The van der Waals surface area contributed by atoms with Gasteiger partial charge >= 0.3 is 0 Å². The minimum absolute atomic E-state index is 0.456. The Morgan fingerprint density at radius 2 is 2.00 bits per heavy atom. The molecule has 0 spiro atoms. The standard InChI is InChI=1S/C11H14N4O2S/c1-18(16,17)15-6-4-14(5-7-15)11-8-10(9-12)2-3-13-11/h2-3,8H,4-7H2,1H3. The topological polar surface area (TPSA) is 77.3 Å². The van der Waals surface area contributed by atoms with Crippen LogP contribution >= 0.6 is 0 Å². The Bertz CT molecular complexity index is 571. The number of hydrogen-bond donors (Lipinski definition) is 0. The number of pyridine rings is 1. The van der Waals surface area contributed by atoms with Gasteiger partial charge in [0.15, 0.2) is 0 Å². The van der Waals surface area contributed by atoms with Crippen molar-refractivity contribution in [2.75, 3.05) is 37.3 Å². The molecular weight excluding hydrogens is 252 g/mol. The first kappa shape index (κ1) is 12.8. The van der Waals surface area contributed by atoms with Crippen LogP contribution in [0.15, 0.2) is 18.3 Å². The van der Waals surface area contributed by atoms with Crippen LogP contribution in [0.1, 0.15) is 5.56 Å². The number of rotatable bonds is 2. The lowest BCUT2D eigenvalue weighted by Gasteiger charge is -2.33. The predicted octanol–water partition coefficient (Wildman–Crippen LogP) is 0.0349. The van der Waals surface area contributed by atoms with Crippen molar-refractivity contribution in [3.63, 3.8) is 0 Å². The zero-order valence-corrected chi connectivity index (χ0v) is 10.9. The van der Waals surface area contributed by atoms with Crippen LogP contribution in [0.4, 0.5) is 5.82 Å². The second-order valence-electron chi connectivity index (χ2n) is 4.16. The van der Waals surface area contributed by atoms with E-state index in [-0.39, 0.29) is 0 Å². The average molecular weight is 266 g/mol. The van der Waals surface area contributed by atoms with E-state index >= 15 is 0 Å². The van der Waals surface area contributed by atoms with Gasteiger partial charge in [0.2, 0.25) is 10.0 Å². The van der Waals surface area contributed by atoms with Crippen LogP contribution in [0.5, 0.6) is 0 Å². The lowest BCUT2D eigenvalue weighted by molar-refractivity contribution is 0.387. The summed E-state index contributed by atoms with van der Waals surface area (Å²) in [5.74, 6) is 0.724. The number of anilines is 1. The Balaban J connectivity index is 2.08. The maximum Gasteiger partial charge on any atom is 0.211 e. The molecule has 2 heterocycles. The lowest BCUT2D eigenvalue weighted by atomic mass is 10.2. The third-order valence-corrected chi connectivity index (χ3v) is 4.21. The van der Waals surface area contributed by atoms with Gasteiger partial charge in [-0.2, -0.15) is 9.57 Å². The van der Waals surface area contributed by atoms with Crippen molar-refractivity contribution < 1.29 is 8.42 Å². The van der Waals surface area contributed by atoms with Crippen molar-refractivity contribution in [3.8, 4) is 6.07 Å². The van der Waals surface area contributed by atoms with Gasteiger partial charge in [0.25, 0.3) is 0 Å². The molecule has 0 amide bonds. The van der Waals surface area contributed by atoms with Gasteiger partial charge in [-0.25, -0.2) is 13.4 Å². The Hall–Kier alpha value is -1.65. The van der Waals surface area contributed by atoms with Crippen molar-refractivity contribution in [3.05, 3.63) is 23.9 Å². The van der Waals surface area contributed by atoms with Gasteiger partial charge in [-0.1, -0.05) is 0 Å². The van der Waals surface area contributed by atoms with E-state index in [1.54, 1.807) is 18.3 Å². The molecule has 0 bridgehead atoms. The summed E-state index contributed by atoms with van der Waals surface area (Å²) in [6.07, 6.45) is 2.81. The Morgan fingerprint density at radius 3 is 2.56 bits per heavy atom. The zero-order chi connectivity index (χ0) is 13.2. The summed E-state index contributed by atoms with van der Waals surface area (Å²) in [5.41, 5.74) is 0.561. The first-order valence-electron chi connectivity index (χ1n) is 5.57. The molecule has 18 heavy (non-hydrogen) atoms. The van der Waals surface area contributed by atoms with E-state index in [2.05, 4.69) is 11.1 Å². The van der Waals surface area contributed by atoms with Crippen molar-refractivity contribution in [1.29, 1.82) is 5.26 Å². The van der Waals surface area contributed by atoms with Gasteiger partial charge in [0, 0.05) is 32.4 Å². The van der Waals surface area contributed by atoms with E-state index in [9.17, 15) is 8.42 Å². The first-order valence-corrected chi connectivity index (χ1v) is 7.42. The van der Waals surface area contributed by atoms with Gasteiger partial charge in [0.05, 0.1) is 17.9 Å². The summed E-state index contributed by atoms with van der Waals surface area (Å²) in [5, 5.41) is 8.83. The maximum atomic E-state index is 11.4. The Labute approximate surface area is 107 Å². The van der Waals surface area contributed by atoms with Crippen LogP contribution in [0.2, 0.25) is 0 Å². The molecule has 96 valence electrons. The number of piperazine rings is 1. The van der Waals surface area contributed by atoms with Crippen LogP contribution in [-0.2, 0) is 10.0 Å². The van der Waals surface area contributed by atoms with E-state index in [0.717, 1.165) is 5.82 Å². The summed E-state index contributed by atoms with van der Waals surface area (Å²) in [7, 11) is -3.11. The van der Waals surface area contributed by atoms with Gasteiger partial charge in [-0.05, 0) is 12.1 Å². The second-order valence-corrected chi connectivity index (χ2v) is 6.15. The number of sulfonamides is 1. The number of nitriles is 1. The van der Waals surface area contributed by atoms with Gasteiger partial charge < -0.3 is 4.90 Å². The van der Waals surface area contributed by atoms with Crippen molar-refractivity contribution in [2.24, 2.45) is 0 Å². The van der Waals surface area contributed by atoms with E-state index in [1.807, 2.05) is 4.90 Å². The maximum absolute atomic E-state index is 11.4. The van der Waals surface area contributed by atoms with Crippen LogP contribution in [0.25, 0.3) is 0 Å². The molecule has 0 aromatic carbocycles. The highest BCUT2D eigenvalue weighted by Crippen LogP contribution is 2.15. The summed E-state index contributed by atoms with van der Waals surface area (Å²) in [4.78, 5) is 6.19. The van der Waals surface area contributed by atoms with Crippen LogP contribution in [-0.4, -0.2) is 50.1 Å². The van der Waals surface area contributed by atoms with Crippen LogP contribution in [0.3, 0.4) is 0 Å². The van der Waals surface area contributed by atoms with Crippen LogP contribution in [0, 0.1) is 11.3 Å². The molecule has 6 nitrogen and oxygen atoms in total. The lowest BCUT2D eigenvalue weighted by Crippen LogP contribution is -2.48. The fraction of sp³-hybridized carbons (Fsp3) is 0.455. The summed E-state index contributed by atoms with van der Waals surface area (Å²) in [6.45, 7) is 2.10. The van der Waals surface area contributed by atoms with Gasteiger partial charge in [0.1, 0.15) is 5.82 Å². The quantitative estimate of drug-likeness (QED) is 0.755. The third-order valence-electron chi connectivity index (χ3n) is 2.91. The Morgan fingerprint density at radius 1 is 1.33 bits per heavy atom. The molecule has 2 rings (SSSR count). The van der Waals surface area contributed by atoms with Gasteiger partial charge in [-0.3, -0.25) is 0 Å². The molecule has 0 saturated carbocycles. The second kappa shape index (κ2) is 4.92. The Kier molecular flexibility index (Phi) is 3.50. The summed E-state index contributed by atoms with van der Waals surface area (Å²) in [6, 6.07) is 5.43. The van der Waals surface area contributed by atoms with Crippen molar-refractivity contribution in [1.82, 2.24) is 9.29 Å². The monoisotopic (exact) mass is 266 g/mol. The molecule has 1 aliphatic rings. The zero-order valence-electron chi connectivity index (χ0n) is 10.1. The predicted molar refractivity (Wildman–Crippen MR) is 67.6 cm³/mol. The average Bonchev–Trinajstić information content (AvgIpc) is 2.38. The fourth-order valence-electron chi connectivity index (χ4n) is 1.91. The highest BCUT2D eigenvalue weighted by atomic mass is 32.2. The molecule has 1 aromatic rings. The summed E-state index contributed by atoms with van der Waals surface area (Å²) >= 11 is 0. The molecule has 1 aromatic heterocycles. The molecule has 0 radical (unpaired) electrons. The molecular formula is C11H14N4O2S. The van der Waals surface area contributed by atoms with E-state index < -0.39 is 10.0 Å². The molecule has 1 saturated heterocycles. The molecule has 0 unspecified atom stereocenters. The van der Waals surface area contributed by atoms with Gasteiger partial charge in [-0.15, -0.1) is 0 Å². The largest absolute Gasteiger partial charge is 0.354 e. The molecule has 0 aliphatic carbocycles. The van der Waals surface area contributed by atoms with Crippen molar-refractivity contribution >= 4 is 15.8 Å². The highest BCUT2D eigenvalue weighted by Gasteiger charge is 2.23. The molecule has 7 heteroatoms. The summed E-state index contributed by atoms with van der Waals surface area (Å²) < 4.78 is 24.2. The van der Waals surface area contributed by atoms with E-state index in [4.69, 9.17) is 5.26 Å². The molecule has 1 aliphatic heterocycles. The highest BCUT2D eigenvalue weighted by molar-refractivity contribution is 7.88. The molecule has 0 atom stereocenters. The SMILES string of the molecule is CS(=O)(=O)N1CCN(c2cc(C#N)ccn2)CC1. The third kappa shape index (κ3) is 2.78. The van der Waals surface area contributed by atoms with Crippen molar-refractivity contribution in [2.45, 2.75) is 0 Å². The normalized spacial score (nSPS) is 17.4. The van der Waals surface area contributed by atoms with Crippen LogP contribution < -0.4 is 4.90 Å². The number of nitrogens with zero attached hydrogens (tertiary/aromatic N) is 4. The number of aromatic nitrogens is 1. The smallest absolute Gasteiger partial charge is 0.211 e. The minimum Gasteiger partial charge on any atom is -0.354 e. The van der Waals surface area contributed by atoms with E-state index in [0.29, 0.717) is 31.7 Å². The fourth-order valence-corrected chi connectivity index (χ4v) is 2.74. The minimum atomic E-state index is -3.11. The first-order chi connectivity index (χ1) is 8.50. The van der Waals surface area contributed by atoms with E-state index in [1.165, 1.54) is 10.6 Å².